The van der Waals surface area contributed by atoms with E-state index in [4.69, 9.17) is 16.6 Å². The van der Waals surface area contributed by atoms with E-state index in [1.54, 1.807) is 47.5 Å². The van der Waals surface area contributed by atoms with Crippen LogP contribution in [-0.4, -0.2) is 43.8 Å². The number of hydrogen-bond donors (Lipinski definition) is 3. The molecule has 0 bridgehead atoms. The number of hydrogen-bond acceptors (Lipinski definition) is 6. The molecule has 1 aliphatic rings. The second-order valence-corrected chi connectivity index (χ2v) is 9.42. The van der Waals surface area contributed by atoms with Crippen LogP contribution in [0.2, 0.25) is 0 Å². The lowest BCUT2D eigenvalue weighted by atomic mass is 10.0. The molecule has 3 amide bonds. The Morgan fingerprint density at radius 1 is 1.08 bits per heavy atom. The van der Waals surface area contributed by atoms with Gasteiger partial charge in [0.25, 0.3) is 11.8 Å². The zero-order chi connectivity index (χ0) is 26.7. The number of benzene rings is 1. The van der Waals surface area contributed by atoms with Gasteiger partial charge in [0.1, 0.15) is 11.5 Å². The fourth-order valence-corrected chi connectivity index (χ4v) is 4.43. The van der Waals surface area contributed by atoms with Gasteiger partial charge in [-0.15, -0.1) is 0 Å². The molecule has 37 heavy (non-hydrogen) atoms. The molecule has 10 nitrogen and oxygen atoms in total. The van der Waals surface area contributed by atoms with Crippen LogP contribution in [-0.2, 0) is 4.79 Å². The number of nitrogens with one attached hydrogen (secondary N) is 1. The van der Waals surface area contributed by atoms with E-state index in [9.17, 15) is 14.4 Å². The number of imidazole rings is 1. The normalized spacial score (nSPS) is 15.2. The Kier molecular flexibility index (Phi) is 7.37. The summed E-state index contributed by atoms with van der Waals surface area (Å²) < 4.78 is 1.19. The molecule has 1 unspecified atom stereocenters. The minimum Gasteiger partial charge on any atom is -0.364 e. The number of likely N-dealkylation sites (tertiary alicyclic amines) is 1. The predicted octanol–water partition coefficient (Wildman–Crippen LogP) is 3.34. The SMILES string of the molecule is CC(C)=CC(=O)N1CCCCC1c1nc(-c2ccc(C(=O)Nc3ccc(C)cn3)cc2)c(C(N)=O)n1N. The zero-order valence-corrected chi connectivity index (χ0v) is 21.2. The van der Waals surface area contributed by atoms with Crippen LogP contribution in [0.3, 0.4) is 0 Å². The standard InChI is InChI=1S/C27H31N7O3/c1-16(2)14-22(35)33-13-5-4-6-20(33)26-32-23(24(25(28)36)34(26)29)18-8-10-19(11-9-18)27(37)31-21-12-7-17(3)15-30-21/h7-12,14-15,20H,4-6,13,29H2,1-3H3,(H2,28,36)(H,30,31,37). The summed E-state index contributed by atoms with van der Waals surface area (Å²) in [6.07, 6.45) is 5.71. The Bertz CT molecular complexity index is 1350. The van der Waals surface area contributed by atoms with Crippen molar-refractivity contribution >= 4 is 23.5 Å². The first-order valence-electron chi connectivity index (χ1n) is 12.1. The van der Waals surface area contributed by atoms with Gasteiger partial charge in [0.05, 0.1) is 6.04 Å². The topological polar surface area (TPSA) is 149 Å². The Morgan fingerprint density at radius 2 is 1.81 bits per heavy atom. The number of nitrogens with zero attached hydrogens (tertiary/aromatic N) is 4. The van der Waals surface area contributed by atoms with Gasteiger partial charge in [0, 0.05) is 29.9 Å². The number of anilines is 1. The molecular formula is C27H31N7O3. The van der Waals surface area contributed by atoms with Crippen molar-refractivity contribution in [2.45, 2.75) is 46.1 Å². The molecule has 0 saturated carbocycles. The average molecular weight is 502 g/mol. The summed E-state index contributed by atoms with van der Waals surface area (Å²) in [5.41, 5.74) is 8.89. The molecular weight excluding hydrogens is 470 g/mol. The second kappa shape index (κ2) is 10.7. The zero-order valence-electron chi connectivity index (χ0n) is 21.2. The van der Waals surface area contributed by atoms with E-state index in [1.807, 2.05) is 26.8 Å². The molecule has 1 atom stereocenters. The van der Waals surface area contributed by atoms with E-state index in [0.29, 0.717) is 41.4 Å². The first-order chi connectivity index (χ1) is 17.7. The molecule has 2 aromatic heterocycles. The summed E-state index contributed by atoms with van der Waals surface area (Å²) in [6.45, 7) is 6.22. The van der Waals surface area contributed by atoms with Gasteiger partial charge in [-0.25, -0.2) is 14.6 Å². The summed E-state index contributed by atoms with van der Waals surface area (Å²) in [5.74, 6) is 6.01. The third kappa shape index (κ3) is 5.53. The van der Waals surface area contributed by atoms with E-state index in [-0.39, 0.29) is 23.6 Å². The lowest BCUT2D eigenvalue weighted by Crippen LogP contribution is -2.40. The summed E-state index contributed by atoms with van der Waals surface area (Å²) in [7, 11) is 0. The fraction of sp³-hybridized carbons (Fsp3) is 0.296. The highest BCUT2D eigenvalue weighted by Gasteiger charge is 2.33. The molecule has 4 rings (SSSR count). The monoisotopic (exact) mass is 501 g/mol. The van der Waals surface area contributed by atoms with Gasteiger partial charge in [0.15, 0.2) is 11.5 Å². The number of carbonyl (C=O) groups excluding carboxylic acids is 3. The van der Waals surface area contributed by atoms with Gasteiger partial charge in [-0.2, -0.15) is 0 Å². The van der Waals surface area contributed by atoms with Crippen LogP contribution in [0.4, 0.5) is 5.82 Å². The number of amides is 3. The number of primary amides is 1. The molecule has 1 fully saturated rings. The van der Waals surface area contributed by atoms with Crippen LogP contribution in [0.25, 0.3) is 11.3 Å². The highest BCUT2D eigenvalue weighted by atomic mass is 16.2. The highest BCUT2D eigenvalue weighted by Crippen LogP contribution is 2.33. The first-order valence-corrected chi connectivity index (χ1v) is 12.1. The Labute approximate surface area is 215 Å². The van der Waals surface area contributed by atoms with Crippen LogP contribution in [0.5, 0.6) is 0 Å². The predicted molar refractivity (Wildman–Crippen MR) is 141 cm³/mol. The van der Waals surface area contributed by atoms with Crippen molar-refractivity contribution in [2.75, 3.05) is 17.7 Å². The molecule has 1 saturated heterocycles. The molecule has 10 heteroatoms. The maximum atomic E-state index is 12.9. The van der Waals surface area contributed by atoms with E-state index in [0.717, 1.165) is 24.0 Å². The van der Waals surface area contributed by atoms with Crippen molar-refractivity contribution in [3.05, 3.63) is 76.9 Å². The minimum atomic E-state index is -0.735. The van der Waals surface area contributed by atoms with Gasteiger partial charge < -0.3 is 21.8 Å². The van der Waals surface area contributed by atoms with Crippen molar-refractivity contribution in [1.82, 2.24) is 19.5 Å². The number of rotatable bonds is 6. The van der Waals surface area contributed by atoms with Crippen molar-refractivity contribution in [3.8, 4) is 11.3 Å². The number of nitrogens with two attached hydrogens (primary N) is 2. The van der Waals surface area contributed by atoms with Crippen LogP contribution in [0, 0.1) is 6.92 Å². The number of allylic oxidation sites excluding steroid dienone is 1. The van der Waals surface area contributed by atoms with Crippen molar-refractivity contribution in [2.24, 2.45) is 5.73 Å². The fourth-order valence-electron chi connectivity index (χ4n) is 4.43. The van der Waals surface area contributed by atoms with Gasteiger partial charge in [-0.3, -0.25) is 14.4 Å². The van der Waals surface area contributed by atoms with E-state index >= 15 is 0 Å². The maximum absolute atomic E-state index is 12.9. The van der Waals surface area contributed by atoms with Crippen molar-refractivity contribution in [1.29, 1.82) is 0 Å². The number of carbonyl (C=O) groups is 3. The molecule has 3 heterocycles. The van der Waals surface area contributed by atoms with Gasteiger partial charge in [-0.05, 0) is 63.8 Å². The van der Waals surface area contributed by atoms with Crippen LogP contribution >= 0.6 is 0 Å². The van der Waals surface area contributed by atoms with Gasteiger partial charge in [-0.1, -0.05) is 23.8 Å². The molecule has 192 valence electrons. The largest absolute Gasteiger partial charge is 0.364 e. The van der Waals surface area contributed by atoms with Crippen LogP contribution in [0.1, 0.15) is 71.4 Å². The van der Waals surface area contributed by atoms with E-state index in [2.05, 4.69) is 10.3 Å². The Hall–Kier alpha value is -4.47. The summed E-state index contributed by atoms with van der Waals surface area (Å²) >= 11 is 0. The number of aryl methyl sites for hydroxylation is 1. The molecule has 1 aliphatic heterocycles. The first kappa shape index (κ1) is 25.6. The van der Waals surface area contributed by atoms with E-state index < -0.39 is 5.91 Å². The summed E-state index contributed by atoms with van der Waals surface area (Å²) in [5, 5.41) is 2.75. The molecule has 1 aromatic carbocycles. The average Bonchev–Trinajstić information content (AvgIpc) is 3.22. The van der Waals surface area contributed by atoms with Crippen molar-refractivity contribution < 1.29 is 14.4 Å². The minimum absolute atomic E-state index is 0.0382. The van der Waals surface area contributed by atoms with Crippen LogP contribution in [0.15, 0.2) is 54.2 Å². The van der Waals surface area contributed by atoms with E-state index in [1.165, 1.54) is 4.68 Å². The summed E-state index contributed by atoms with van der Waals surface area (Å²) in [4.78, 5) is 48.6. The summed E-state index contributed by atoms with van der Waals surface area (Å²) in [6, 6.07) is 9.83. The number of pyridine rings is 1. The number of aromatic nitrogens is 3. The maximum Gasteiger partial charge on any atom is 0.269 e. The number of nitrogen functional groups attached to an aromatic ring is 1. The smallest absolute Gasteiger partial charge is 0.269 e. The third-order valence-electron chi connectivity index (χ3n) is 6.24. The Morgan fingerprint density at radius 3 is 2.43 bits per heavy atom. The number of piperidine rings is 1. The molecule has 0 radical (unpaired) electrons. The molecule has 5 N–H and O–H groups in total. The lowest BCUT2D eigenvalue weighted by molar-refractivity contribution is -0.130. The molecule has 0 spiro atoms. The van der Waals surface area contributed by atoms with Crippen LogP contribution < -0.4 is 16.9 Å². The quantitative estimate of drug-likeness (QED) is 0.348. The van der Waals surface area contributed by atoms with Gasteiger partial charge in [0.2, 0.25) is 5.91 Å². The second-order valence-electron chi connectivity index (χ2n) is 9.42. The lowest BCUT2D eigenvalue weighted by Gasteiger charge is -2.34. The van der Waals surface area contributed by atoms with Crippen molar-refractivity contribution in [3.63, 3.8) is 0 Å². The third-order valence-corrected chi connectivity index (χ3v) is 6.24. The molecule has 0 aliphatic carbocycles. The molecule has 3 aromatic rings. The van der Waals surface area contributed by atoms with Gasteiger partial charge >= 0.3 is 0 Å². The Balaban J connectivity index is 1.65. The highest BCUT2D eigenvalue weighted by molar-refractivity contribution is 6.04.